The number of nitro benzene ring substituents is 1. The predicted molar refractivity (Wildman–Crippen MR) is 80.1 cm³/mol. The highest BCUT2D eigenvalue weighted by molar-refractivity contribution is 7.92. The molecule has 0 aromatic heterocycles. The number of anilines is 1. The van der Waals surface area contributed by atoms with Gasteiger partial charge in [0.25, 0.3) is 15.7 Å². The van der Waals surface area contributed by atoms with E-state index in [1.54, 1.807) is 31.2 Å². The molecule has 1 N–H and O–H groups in total. The molecule has 0 aliphatic carbocycles. The summed E-state index contributed by atoms with van der Waals surface area (Å²) >= 11 is 5.85. The van der Waals surface area contributed by atoms with Crippen molar-refractivity contribution < 1.29 is 13.3 Å². The molecule has 0 bridgehead atoms. The summed E-state index contributed by atoms with van der Waals surface area (Å²) in [5.74, 6) is 0. The van der Waals surface area contributed by atoms with E-state index in [4.69, 9.17) is 11.6 Å². The van der Waals surface area contributed by atoms with Crippen molar-refractivity contribution in [1.29, 1.82) is 0 Å². The molecule has 0 amide bonds. The topological polar surface area (TPSA) is 89.3 Å². The zero-order valence-corrected chi connectivity index (χ0v) is 12.5. The fourth-order valence-electron chi connectivity index (χ4n) is 1.70. The van der Waals surface area contributed by atoms with Crippen molar-refractivity contribution in [2.75, 3.05) is 4.72 Å². The first-order valence-corrected chi connectivity index (χ1v) is 7.70. The Kier molecular flexibility index (Phi) is 4.15. The largest absolute Gasteiger partial charge is 0.279 e. The molecule has 0 atom stereocenters. The Morgan fingerprint density at radius 3 is 2.48 bits per heavy atom. The normalized spacial score (nSPS) is 11.1. The molecule has 2 aromatic carbocycles. The molecule has 0 saturated heterocycles. The number of nitro groups is 1. The molecule has 6 nitrogen and oxygen atoms in total. The van der Waals surface area contributed by atoms with Crippen molar-refractivity contribution in [1.82, 2.24) is 0 Å². The molecule has 0 aliphatic rings. The first-order chi connectivity index (χ1) is 9.81. The molecule has 2 aromatic rings. The highest BCUT2D eigenvalue weighted by atomic mass is 35.5. The maximum atomic E-state index is 12.3. The molecule has 110 valence electrons. The summed E-state index contributed by atoms with van der Waals surface area (Å²) < 4.78 is 27.0. The molecule has 21 heavy (non-hydrogen) atoms. The van der Waals surface area contributed by atoms with Crippen LogP contribution in [0.2, 0.25) is 5.02 Å². The zero-order valence-electron chi connectivity index (χ0n) is 10.9. The zero-order chi connectivity index (χ0) is 15.6. The van der Waals surface area contributed by atoms with Gasteiger partial charge in [-0.1, -0.05) is 29.8 Å². The first-order valence-electron chi connectivity index (χ1n) is 5.83. The van der Waals surface area contributed by atoms with Crippen molar-refractivity contribution in [2.45, 2.75) is 11.8 Å². The number of sulfonamides is 1. The maximum Gasteiger partial charge on any atom is 0.270 e. The summed E-state index contributed by atoms with van der Waals surface area (Å²) in [6, 6.07) is 10.1. The van der Waals surface area contributed by atoms with E-state index >= 15 is 0 Å². The molecule has 0 heterocycles. The second kappa shape index (κ2) is 5.71. The number of nitrogens with one attached hydrogen (secondary N) is 1. The first kappa shape index (κ1) is 15.3. The third-order valence-corrected chi connectivity index (χ3v) is 4.65. The van der Waals surface area contributed by atoms with Gasteiger partial charge in [0.15, 0.2) is 0 Å². The summed E-state index contributed by atoms with van der Waals surface area (Å²) in [4.78, 5) is 9.74. The van der Waals surface area contributed by atoms with E-state index in [1.807, 2.05) is 0 Å². The maximum absolute atomic E-state index is 12.3. The number of para-hydroxylation sites is 1. The van der Waals surface area contributed by atoms with Gasteiger partial charge in [-0.3, -0.25) is 14.8 Å². The number of nitrogens with zero attached hydrogens (tertiary/aromatic N) is 1. The lowest BCUT2D eigenvalue weighted by Crippen LogP contribution is -2.14. The summed E-state index contributed by atoms with van der Waals surface area (Å²) in [6.45, 7) is 1.74. The van der Waals surface area contributed by atoms with Gasteiger partial charge in [0.05, 0.1) is 15.6 Å². The summed E-state index contributed by atoms with van der Waals surface area (Å²) in [5.41, 5.74) is 0.771. The molecule has 8 heteroatoms. The Bertz CT molecular complexity index is 806. The number of rotatable bonds is 4. The van der Waals surface area contributed by atoms with E-state index in [0.717, 1.165) is 17.7 Å². The van der Waals surface area contributed by atoms with E-state index in [1.165, 1.54) is 6.07 Å². The standard InChI is InChI=1S/C13H11ClN2O4S/c1-9-4-2-3-5-12(9)15-21(19,20)13-8-10(16(17)18)6-7-11(13)14/h2-8,15H,1H3. The molecule has 0 unspecified atom stereocenters. The third kappa shape index (κ3) is 3.32. The van der Waals surface area contributed by atoms with Crippen LogP contribution in [0.25, 0.3) is 0 Å². The monoisotopic (exact) mass is 326 g/mol. The van der Waals surface area contributed by atoms with E-state index in [-0.39, 0.29) is 15.6 Å². The van der Waals surface area contributed by atoms with Gasteiger partial charge in [-0.25, -0.2) is 8.42 Å². The van der Waals surface area contributed by atoms with E-state index in [9.17, 15) is 18.5 Å². The van der Waals surface area contributed by atoms with E-state index in [0.29, 0.717) is 5.69 Å². The average molecular weight is 327 g/mol. The van der Waals surface area contributed by atoms with Gasteiger partial charge >= 0.3 is 0 Å². The summed E-state index contributed by atoms with van der Waals surface area (Å²) in [7, 11) is -4.01. The second-order valence-electron chi connectivity index (χ2n) is 4.29. The Morgan fingerprint density at radius 2 is 1.86 bits per heavy atom. The minimum atomic E-state index is -4.01. The van der Waals surface area contributed by atoms with Crippen LogP contribution >= 0.6 is 11.6 Å². The van der Waals surface area contributed by atoms with Crippen LogP contribution in [-0.2, 0) is 10.0 Å². The lowest BCUT2D eigenvalue weighted by Gasteiger charge is -2.11. The van der Waals surface area contributed by atoms with Gasteiger partial charge in [-0.15, -0.1) is 0 Å². The van der Waals surface area contributed by atoms with Crippen molar-refractivity contribution in [3.05, 3.63) is 63.2 Å². The number of aryl methyl sites for hydroxylation is 1. The van der Waals surface area contributed by atoms with Crippen molar-refractivity contribution in [3.8, 4) is 0 Å². The number of hydrogen-bond donors (Lipinski definition) is 1. The molecule has 0 fully saturated rings. The van der Waals surface area contributed by atoms with Crippen LogP contribution < -0.4 is 4.72 Å². The highest BCUT2D eigenvalue weighted by Crippen LogP contribution is 2.28. The van der Waals surface area contributed by atoms with E-state index in [2.05, 4.69) is 4.72 Å². The van der Waals surface area contributed by atoms with Crippen molar-refractivity contribution >= 4 is 33.0 Å². The van der Waals surface area contributed by atoms with Crippen LogP contribution in [0.15, 0.2) is 47.4 Å². The second-order valence-corrected chi connectivity index (χ2v) is 6.35. The quantitative estimate of drug-likeness (QED) is 0.689. The highest BCUT2D eigenvalue weighted by Gasteiger charge is 2.22. The van der Waals surface area contributed by atoms with Crippen LogP contribution in [0, 0.1) is 17.0 Å². The van der Waals surface area contributed by atoms with E-state index < -0.39 is 14.9 Å². The molecule has 0 aliphatic heterocycles. The molecule has 0 saturated carbocycles. The fourth-order valence-corrected chi connectivity index (χ4v) is 3.35. The van der Waals surface area contributed by atoms with Gasteiger partial charge in [0, 0.05) is 12.1 Å². The number of non-ortho nitro benzene ring substituents is 1. The van der Waals surface area contributed by atoms with Gasteiger partial charge in [0.2, 0.25) is 0 Å². The minimum absolute atomic E-state index is 0.0818. The summed E-state index contributed by atoms with van der Waals surface area (Å²) in [5, 5.41) is 10.7. The van der Waals surface area contributed by atoms with Gasteiger partial charge in [-0.2, -0.15) is 0 Å². The van der Waals surface area contributed by atoms with Gasteiger partial charge in [-0.05, 0) is 24.6 Å². The average Bonchev–Trinajstić information content (AvgIpc) is 2.41. The lowest BCUT2D eigenvalue weighted by molar-refractivity contribution is -0.385. The summed E-state index contributed by atoms with van der Waals surface area (Å²) in [6.07, 6.45) is 0. The minimum Gasteiger partial charge on any atom is -0.279 e. The molecular formula is C13H11ClN2O4S. The number of benzene rings is 2. The molecule has 2 rings (SSSR count). The number of hydrogen-bond acceptors (Lipinski definition) is 4. The molecule has 0 spiro atoms. The van der Waals surface area contributed by atoms with Gasteiger partial charge in [0.1, 0.15) is 4.90 Å². The smallest absolute Gasteiger partial charge is 0.270 e. The van der Waals surface area contributed by atoms with Crippen LogP contribution in [0.5, 0.6) is 0 Å². The van der Waals surface area contributed by atoms with Crippen molar-refractivity contribution in [3.63, 3.8) is 0 Å². The Morgan fingerprint density at radius 1 is 1.19 bits per heavy atom. The molecular weight excluding hydrogens is 316 g/mol. The molecule has 0 radical (unpaired) electrons. The fraction of sp³-hybridized carbons (Fsp3) is 0.0769. The van der Waals surface area contributed by atoms with Crippen LogP contribution in [-0.4, -0.2) is 13.3 Å². The van der Waals surface area contributed by atoms with Crippen LogP contribution in [0.3, 0.4) is 0 Å². The number of halogens is 1. The van der Waals surface area contributed by atoms with Crippen LogP contribution in [0.1, 0.15) is 5.56 Å². The third-order valence-electron chi connectivity index (χ3n) is 2.80. The lowest BCUT2D eigenvalue weighted by atomic mass is 10.2. The predicted octanol–water partition coefficient (Wildman–Crippen LogP) is 3.36. The van der Waals surface area contributed by atoms with Crippen molar-refractivity contribution in [2.24, 2.45) is 0 Å². The SMILES string of the molecule is Cc1ccccc1NS(=O)(=O)c1cc([N+](=O)[O-])ccc1Cl. The Hall–Kier alpha value is -2.12. The van der Waals surface area contributed by atoms with Gasteiger partial charge < -0.3 is 0 Å². The Labute approximate surface area is 126 Å². The van der Waals surface area contributed by atoms with Crippen LogP contribution in [0.4, 0.5) is 11.4 Å². The Balaban J connectivity index is 2.47.